The van der Waals surface area contributed by atoms with E-state index in [1.165, 1.54) is 0 Å². The fourth-order valence-corrected chi connectivity index (χ4v) is 3.29. The maximum absolute atomic E-state index is 12.5. The van der Waals surface area contributed by atoms with Gasteiger partial charge in [0, 0.05) is 5.69 Å². The molecule has 1 unspecified atom stereocenters. The summed E-state index contributed by atoms with van der Waals surface area (Å²) in [5, 5.41) is 31.0. The molecule has 31 heavy (non-hydrogen) atoms. The summed E-state index contributed by atoms with van der Waals surface area (Å²) in [4.78, 5) is 35.2. The summed E-state index contributed by atoms with van der Waals surface area (Å²) in [6, 6.07) is 13.1. The van der Waals surface area contributed by atoms with E-state index < -0.39 is 29.8 Å². The number of carboxylic acids is 1. The van der Waals surface area contributed by atoms with E-state index in [0.717, 1.165) is 11.8 Å². The normalized spacial score (nSPS) is 11.9. The number of nitrogens with zero attached hydrogens (tertiary/aromatic N) is 4. The number of aromatic hydroxyl groups is 2. The van der Waals surface area contributed by atoms with Gasteiger partial charge in [0.05, 0.1) is 36.0 Å². The molecule has 0 aliphatic rings. The molecule has 2 heterocycles. The maximum Gasteiger partial charge on any atom is 0.317 e. The maximum atomic E-state index is 12.5. The summed E-state index contributed by atoms with van der Waals surface area (Å²) in [5.74, 6) is -2.28. The van der Waals surface area contributed by atoms with Crippen LogP contribution >= 0.6 is 0 Å². The minimum atomic E-state index is -0.956. The van der Waals surface area contributed by atoms with Crippen LogP contribution in [0.15, 0.2) is 61.1 Å². The molecule has 0 bridgehead atoms. The average Bonchev–Trinajstić information content (AvgIpc) is 3.15. The molecule has 1 atom stereocenters. The lowest BCUT2D eigenvalue weighted by Crippen LogP contribution is -2.15. The number of carboxylic acid groups (broad SMARTS) is 1. The van der Waals surface area contributed by atoms with Crippen LogP contribution in [0.25, 0.3) is 11.0 Å². The minimum absolute atomic E-state index is 0.148. The van der Waals surface area contributed by atoms with E-state index >= 15 is 0 Å². The Kier molecular flexibility index (Phi) is 5.19. The van der Waals surface area contributed by atoms with Crippen molar-refractivity contribution in [2.45, 2.75) is 12.5 Å². The molecular weight excluding hydrogens is 402 g/mol. The standard InChI is InChI=1S/C21H17N5O5/c27-18(28)9-16(12-4-2-1-3-5-12)26-11-23-15-7-6-13(8-17(15)26)24-19(29)14-10-22-21(31)25-20(14)30/h1-8,10-11,16H,9H2,(H,24,29)(H,27,28)(H2,22,25,30,31). The lowest BCUT2D eigenvalue weighted by atomic mass is 10.0. The van der Waals surface area contributed by atoms with Gasteiger partial charge in [0.15, 0.2) is 0 Å². The number of carbonyl (C=O) groups is 2. The number of aliphatic carboxylic acids is 1. The summed E-state index contributed by atoms with van der Waals surface area (Å²) in [5.41, 5.74) is 2.25. The van der Waals surface area contributed by atoms with Crippen molar-refractivity contribution in [3.63, 3.8) is 0 Å². The third-order valence-corrected chi connectivity index (χ3v) is 4.72. The van der Waals surface area contributed by atoms with E-state index in [4.69, 9.17) is 0 Å². The van der Waals surface area contributed by atoms with Gasteiger partial charge in [0.1, 0.15) is 5.56 Å². The summed E-state index contributed by atoms with van der Waals surface area (Å²) < 4.78 is 1.75. The molecule has 10 nitrogen and oxygen atoms in total. The van der Waals surface area contributed by atoms with Gasteiger partial charge >= 0.3 is 12.0 Å². The SMILES string of the molecule is O=C(O)CC(c1ccccc1)n1cnc2ccc(NC(=O)c3cnc(O)nc3O)cc21. The zero-order valence-electron chi connectivity index (χ0n) is 16.0. The fourth-order valence-electron chi connectivity index (χ4n) is 3.29. The van der Waals surface area contributed by atoms with E-state index in [1.807, 2.05) is 30.3 Å². The van der Waals surface area contributed by atoms with E-state index in [-0.39, 0.29) is 12.0 Å². The Morgan fingerprint density at radius 3 is 2.55 bits per heavy atom. The summed E-state index contributed by atoms with van der Waals surface area (Å²) in [7, 11) is 0. The van der Waals surface area contributed by atoms with Gasteiger partial charge in [-0.25, -0.2) is 9.97 Å². The van der Waals surface area contributed by atoms with Gasteiger partial charge in [-0.3, -0.25) is 9.59 Å². The third kappa shape index (κ3) is 4.13. The molecule has 156 valence electrons. The van der Waals surface area contributed by atoms with E-state index in [9.17, 15) is 24.9 Å². The van der Waals surface area contributed by atoms with Crippen molar-refractivity contribution in [2.24, 2.45) is 0 Å². The molecule has 0 aliphatic carbocycles. The predicted octanol–water partition coefficient (Wildman–Crippen LogP) is 2.55. The van der Waals surface area contributed by atoms with Crippen LogP contribution in [0.3, 0.4) is 0 Å². The van der Waals surface area contributed by atoms with Crippen LogP contribution in [0.4, 0.5) is 5.69 Å². The van der Waals surface area contributed by atoms with Crippen molar-refractivity contribution in [1.82, 2.24) is 19.5 Å². The average molecular weight is 419 g/mol. The topological polar surface area (TPSA) is 150 Å². The minimum Gasteiger partial charge on any atom is -0.493 e. The number of nitrogens with one attached hydrogen (secondary N) is 1. The third-order valence-electron chi connectivity index (χ3n) is 4.72. The Morgan fingerprint density at radius 2 is 1.84 bits per heavy atom. The molecule has 4 N–H and O–H groups in total. The molecule has 1 amide bonds. The Bertz CT molecular complexity index is 1270. The number of anilines is 1. The van der Waals surface area contributed by atoms with Crippen LogP contribution in [0.5, 0.6) is 11.9 Å². The Hall–Kier alpha value is -4.47. The number of hydrogen-bond acceptors (Lipinski definition) is 7. The molecule has 2 aromatic carbocycles. The van der Waals surface area contributed by atoms with Crippen LogP contribution in [0.1, 0.15) is 28.4 Å². The molecule has 4 aromatic rings. The van der Waals surface area contributed by atoms with Crippen molar-refractivity contribution in [3.05, 3.63) is 72.2 Å². The number of aromatic nitrogens is 4. The van der Waals surface area contributed by atoms with E-state index in [2.05, 4.69) is 20.3 Å². The largest absolute Gasteiger partial charge is 0.493 e. The molecule has 0 radical (unpaired) electrons. The van der Waals surface area contributed by atoms with Crippen molar-refractivity contribution >= 4 is 28.6 Å². The molecule has 0 saturated carbocycles. The molecule has 0 saturated heterocycles. The molecule has 4 rings (SSSR count). The highest BCUT2D eigenvalue weighted by molar-refractivity contribution is 6.06. The van der Waals surface area contributed by atoms with E-state index in [0.29, 0.717) is 16.7 Å². The zero-order chi connectivity index (χ0) is 22.0. The highest BCUT2D eigenvalue weighted by Gasteiger charge is 2.20. The number of carbonyl (C=O) groups excluding carboxylic acids is 1. The molecule has 0 spiro atoms. The zero-order valence-corrected chi connectivity index (χ0v) is 16.0. The van der Waals surface area contributed by atoms with Crippen molar-refractivity contribution in [2.75, 3.05) is 5.32 Å². The fraction of sp³-hybridized carbons (Fsp3) is 0.0952. The molecule has 2 aromatic heterocycles. The first-order valence-corrected chi connectivity index (χ1v) is 9.22. The van der Waals surface area contributed by atoms with Crippen LogP contribution < -0.4 is 5.32 Å². The number of benzene rings is 2. The second-order valence-corrected chi connectivity index (χ2v) is 6.74. The highest BCUT2D eigenvalue weighted by atomic mass is 16.4. The second kappa shape index (κ2) is 8.11. The monoisotopic (exact) mass is 419 g/mol. The van der Waals surface area contributed by atoms with Crippen LogP contribution in [-0.2, 0) is 4.79 Å². The lowest BCUT2D eigenvalue weighted by molar-refractivity contribution is -0.137. The smallest absolute Gasteiger partial charge is 0.317 e. The first-order chi connectivity index (χ1) is 14.9. The number of fused-ring (bicyclic) bond motifs is 1. The molecule has 0 aliphatic heterocycles. The summed E-state index contributed by atoms with van der Waals surface area (Å²) in [6.45, 7) is 0. The summed E-state index contributed by atoms with van der Waals surface area (Å²) >= 11 is 0. The predicted molar refractivity (Wildman–Crippen MR) is 110 cm³/mol. The first kappa shape index (κ1) is 19.8. The molecular formula is C21H17N5O5. The number of hydrogen-bond donors (Lipinski definition) is 4. The van der Waals surface area contributed by atoms with Crippen molar-refractivity contribution in [1.29, 1.82) is 0 Å². The quantitative estimate of drug-likeness (QED) is 0.372. The Labute approximate surface area is 175 Å². The van der Waals surface area contributed by atoms with Gasteiger partial charge in [0.25, 0.3) is 5.91 Å². The number of amides is 1. The van der Waals surface area contributed by atoms with Gasteiger partial charge in [-0.1, -0.05) is 30.3 Å². The summed E-state index contributed by atoms with van der Waals surface area (Å²) in [6.07, 6.45) is 2.43. The molecule has 10 heteroatoms. The lowest BCUT2D eigenvalue weighted by Gasteiger charge is -2.18. The Balaban J connectivity index is 1.70. The van der Waals surface area contributed by atoms with E-state index in [1.54, 1.807) is 29.1 Å². The van der Waals surface area contributed by atoms with Crippen molar-refractivity contribution in [3.8, 4) is 11.9 Å². The highest BCUT2D eigenvalue weighted by Crippen LogP contribution is 2.28. The number of rotatable bonds is 6. The van der Waals surface area contributed by atoms with Crippen LogP contribution in [0.2, 0.25) is 0 Å². The van der Waals surface area contributed by atoms with Gasteiger partial charge in [-0.15, -0.1) is 0 Å². The second-order valence-electron chi connectivity index (χ2n) is 6.74. The van der Waals surface area contributed by atoms with Gasteiger partial charge in [0.2, 0.25) is 5.88 Å². The van der Waals surface area contributed by atoms with Gasteiger partial charge in [-0.2, -0.15) is 4.98 Å². The Morgan fingerprint density at radius 1 is 1.06 bits per heavy atom. The van der Waals surface area contributed by atoms with Crippen LogP contribution in [0, 0.1) is 0 Å². The van der Waals surface area contributed by atoms with Crippen LogP contribution in [-0.4, -0.2) is 46.7 Å². The molecule has 0 fully saturated rings. The van der Waals surface area contributed by atoms with Gasteiger partial charge < -0.3 is 25.2 Å². The number of imidazole rings is 1. The van der Waals surface area contributed by atoms with Gasteiger partial charge in [-0.05, 0) is 23.8 Å². The first-order valence-electron chi connectivity index (χ1n) is 9.22. The van der Waals surface area contributed by atoms with Crippen molar-refractivity contribution < 1.29 is 24.9 Å².